The lowest BCUT2D eigenvalue weighted by atomic mass is 10.1. The summed E-state index contributed by atoms with van der Waals surface area (Å²) < 4.78 is 17.1. The molecule has 0 aromatic rings. The molecule has 61 heavy (non-hydrogen) atoms. The van der Waals surface area contributed by atoms with Crippen molar-refractivity contribution in [1.82, 2.24) is 0 Å². The van der Waals surface area contributed by atoms with Gasteiger partial charge in [-0.25, -0.2) is 0 Å². The largest absolute Gasteiger partial charge is 0.544 e. The number of carboxylic acids is 1. The van der Waals surface area contributed by atoms with Crippen molar-refractivity contribution in [3.63, 3.8) is 0 Å². The van der Waals surface area contributed by atoms with Gasteiger partial charge in [-0.15, -0.1) is 0 Å². The Balaban J connectivity index is 4.43. The fourth-order valence-electron chi connectivity index (χ4n) is 5.91. The van der Waals surface area contributed by atoms with Crippen molar-refractivity contribution in [3.05, 3.63) is 122 Å². The molecule has 0 bridgehead atoms. The third kappa shape index (κ3) is 40.9. The number of quaternary nitrogens is 1. The predicted molar refractivity (Wildman–Crippen MR) is 254 cm³/mol. The summed E-state index contributed by atoms with van der Waals surface area (Å²) in [5.41, 5.74) is 0. The Labute approximate surface area is 371 Å². The van der Waals surface area contributed by atoms with Gasteiger partial charge in [0, 0.05) is 19.3 Å². The zero-order chi connectivity index (χ0) is 44.9. The number of unbranched alkanes of at least 4 members (excludes halogenated alkanes) is 8. The van der Waals surface area contributed by atoms with Gasteiger partial charge in [-0.3, -0.25) is 9.59 Å². The van der Waals surface area contributed by atoms with E-state index in [9.17, 15) is 19.5 Å². The second kappa shape index (κ2) is 42.4. The monoisotopic (exact) mass is 846 g/mol. The van der Waals surface area contributed by atoms with Crippen molar-refractivity contribution in [2.45, 2.75) is 154 Å². The Morgan fingerprint density at radius 2 is 0.951 bits per heavy atom. The van der Waals surface area contributed by atoms with E-state index >= 15 is 0 Å². The number of likely N-dealkylation sites (N-methyl/N-ethyl adjacent to an activating group) is 1. The van der Waals surface area contributed by atoms with Crippen molar-refractivity contribution in [3.8, 4) is 0 Å². The molecule has 0 heterocycles. The molecule has 8 heteroatoms. The van der Waals surface area contributed by atoms with Crippen LogP contribution in [0.4, 0.5) is 0 Å². The summed E-state index contributed by atoms with van der Waals surface area (Å²) in [6.07, 6.45) is 59.4. The fraction of sp³-hybridized carbons (Fsp3) is 0.566. The summed E-state index contributed by atoms with van der Waals surface area (Å²) in [6, 6.07) is -0.744. The van der Waals surface area contributed by atoms with E-state index < -0.39 is 18.1 Å². The van der Waals surface area contributed by atoms with Crippen molar-refractivity contribution in [2.75, 3.05) is 41.0 Å². The number of carbonyl (C=O) groups excluding carboxylic acids is 3. The van der Waals surface area contributed by atoms with Gasteiger partial charge in [0.15, 0.2) is 6.10 Å². The molecule has 2 unspecified atom stereocenters. The molecule has 2 atom stereocenters. The minimum atomic E-state index is -1.14. The van der Waals surface area contributed by atoms with Crippen LogP contribution in [-0.2, 0) is 28.6 Å². The van der Waals surface area contributed by atoms with E-state index in [4.69, 9.17) is 14.2 Å². The van der Waals surface area contributed by atoms with Crippen LogP contribution in [0.3, 0.4) is 0 Å². The van der Waals surface area contributed by atoms with Gasteiger partial charge in [0.05, 0.1) is 40.3 Å². The molecule has 0 amide bonds. The van der Waals surface area contributed by atoms with E-state index in [0.29, 0.717) is 6.42 Å². The van der Waals surface area contributed by atoms with E-state index in [-0.39, 0.29) is 49.1 Å². The maximum Gasteiger partial charge on any atom is 0.306 e. The molecule has 0 saturated heterocycles. The first-order valence-corrected chi connectivity index (χ1v) is 23.1. The van der Waals surface area contributed by atoms with Crippen molar-refractivity contribution < 1.29 is 38.2 Å². The van der Waals surface area contributed by atoms with Crippen molar-refractivity contribution >= 4 is 17.9 Å². The van der Waals surface area contributed by atoms with Crippen LogP contribution in [0.25, 0.3) is 0 Å². The number of allylic oxidation sites excluding steroid dienone is 20. The molecule has 0 spiro atoms. The highest BCUT2D eigenvalue weighted by Crippen LogP contribution is 2.12. The Hall–Kier alpha value is -4.27. The SMILES string of the molecule is CC/C=C/C=C/C=C/C=C/CCCCCCCC(=O)OC(COCCC(C(=O)[O-])[N+](C)(C)C)COC(=O)CCCCC/C=C/C/C=C/C/C=C/C/C=C/C/C=C/C/C=C/CC. The normalized spacial score (nSPS) is 14.0. The second-order valence-corrected chi connectivity index (χ2v) is 16.0. The molecule has 0 saturated carbocycles. The van der Waals surface area contributed by atoms with E-state index in [1.54, 1.807) is 21.1 Å². The summed E-state index contributed by atoms with van der Waals surface area (Å²) >= 11 is 0. The zero-order valence-electron chi connectivity index (χ0n) is 38.8. The standard InChI is InChI=1S/C53H83NO7/c1-6-8-10-12-14-16-18-20-22-23-24-25-26-27-28-30-31-33-35-37-39-41-43-51(55)60-48-49(47-59-46-45-50(53(57)58)54(3,4)5)61-52(56)44-42-40-38-36-34-32-29-21-19-17-15-13-11-9-7-2/h8-11,13-17,19-22,24-25,27-29,31,33,49-50H,6-7,12,18,23,26,30,32,34-48H2,1-5H3/b10-8+,11-9+,15-13+,16-14+,19-17+,22-20+,25-24+,28-27+,29-21+,33-31+. The Morgan fingerprint density at radius 3 is 1.49 bits per heavy atom. The van der Waals surface area contributed by atoms with Gasteiger partial charge in [0.25, 0.3) is 0 Å². The number of aliphatic carboxylic acids is 1. The predicted octanol–water partition coefficient (Wildman–Crippen LogP) is 11.7. The van der Waals surface area contributed by atoms with Crippen LogP contribution < -0.4 is 5.11 Å². The number of esters is 2. The van der Waals surface area contributed by atoms with Crippen LogP contribution in [-0.4, -0.2) is 75.5 Å². The van der Waals surface area contributed by atoms with E-state index in [2.05, 4.69) is 105 Å². The van der Waals surface area contributed by atoms with Gasteiger partial charge < -0.3 is 28.6 Å². The highest BCUT2D eigenvalue weighted by molar-refractivity contribution is 5.70. The van der Waals surface area contributed by atoms with Crippen LogP contribution in [0.5, 0.6) is 0 Å². The Morgan fingerprint density at radius 1 is 0.508 bits per heavy atom. The zero-order valence-corrected chi connectivity index (χ0v) is 38.8. The molecule has 342 valence electrons. The third-order valence-corrected chi connectivity index (χ3v) is 9.44. The highest BCUT2D eigenvalue weighted by atomic mass is 16.6. The van der Waals surface area contributed by atoms with Gasteiger partial charge in [-0.1, -0.05) is 161 Å². The topological polar surface area (TPSA) is 102 Å². The molecule has 0 aliphatic heterocycles. The molecule has 0 aromatic carbocycles. The smallest absolute Gasteiger partial charge is 0.306 e. The number of nitrogens with zero attached hydrogens (tertiary/aromatic N) is 1. The summed E-state index contributed by atoms with van der Waals surface area (Å²) in [4.78, 5) is 36.9. The molecular weight excluding hydrogens is 763 g/mol. The van der Waals surface area contributed by atoms with Gasteiger partial charge in [-0.2, -0.15) is 0 Å². The lowest BCUT2D eigenvalue weighted by molar-refractivity contribution is -0.889. The van der Waals surface area contributed by atoms with Gasteiger partial charge >= 0.3 is 11.9 Å². The summed E-state index contributed by atoms with van der Waals surface area (Å²) in [7, 11) is 5.37. The molecule has 0 aliphatic carbocycles. The van der Waals surface area contributed by atoms with Crippen LogP contribution in [0.1, 0.15) is 142 Å². The Bertz CT molecular complexity index is 1400. The van der Waals surface area contributed by atoms with Crippen LogP contribution in [0, 0.1) is 0 Å². The molecule has 0 rings (SSSR count). The fourth-order valence-corrected chi connectivity index (χ4v) is 5.91. The minimum absolute atomic E-state index is 0.0107. The number of hydrogen-bond acceptors (Lipinski definition) is 7. The molecular formula is C53H83NO7. The minimum Gasteiger partial charge on any atom is -0.544 e. The van der Waals surface area contributed by atoms with Crippen LogP contribution in [0.2, 0.25) is 0 Å². The summed E-state index contributed by atoms with van der Waals surface area (Å²) in [5, 5.41) is 11.6. The lowest BCUT2D eigenvalue weighted by Crippen LogP contribution is -2.55. The average Bonchev–Trinajstić information content (AvgIpc) is 3.22. The van der Waals surface area contributed by atoms with Crippen molar-refractivity contribution in [2.24, 2.45) is 0 Å². The maximum absolute atomic E-state index is 12.7. The Kier molecular flexibility index (Phi) is 39.5. The maximum atomic E-state index is 12.7. The molecule has 0 N–H and O–H groups in total. The number of carbonyl (C=O) groups is 3. The van der Waals surface area contributed by atoms with Gasteiger partial charge in [0.1, 0.15) is 12.6 Å². The van der Waals surface area contributed by atoms with Crippen LogP contribution >= 0.6 is 0 Å². The highest BCUT2D eigenvalue weighted by Gasteiger charge is 2.25. The van der Waals surface area contributed by atoms with Gasteiger partial charge in [-0.05, 0) is 83.5 Å². The molecule has 0 aliphatic rings. The lowest BCUT2D eigenvalue weighted by Gasteiger charge is -2.34. The number of carboxylic acid groups (broad SMARTS) is 1. The first-order chi connectivity index (χ1) is 29.6. The average molecular weight is 846 g/mol. The molecule has 0 fully saturated rings. The van der Waals surface area contributed by atoms with Crippen molar-refractivity contribution in [1.29, 1.82) is 0 Å². The third-order valence-electron chi connectivity index (χ3n) is 9.44. The van der Waals surface area contributed by atoms with E-state index in [1.165, 1.54) is 0 Å². The summed E-state index contributed by atoms with van der Waals surface area (Å²) in [5.74, 6) is -1.83. The first-order valence-electron chi connectivity index (χ1n) is 23.1. The number of rotatable bonds is 39. The van der Waals surface area contributed by atoms with E-state index in [0.717, 1.165) is 109 Å². The summed E-state index contributed by atoms with van der Waals surface area (Å²) in [6.45, 7) is 4.32. The van der Waals surface area contributed by atoms with Gasteiger partial charge in [0.2, 0.25) is 0 Å². The quantitative estimate of drug-likeness (QED) is 0.0200. The van der Waals surface area contributed by atoms with E-state index in [1.807, 2.05) is 30.4 Å². The van der Waals surface area contributed by atoms with Crippen LogP contribution in [0.15, 0.2) is 122 Å². The number of ether oxygens (including phenoxy) is 3. The number of hydrogen-bond donors (Lipinski definition) is 0. The molecule has 8 nitrogen and oxygen atoms in total. The molecule has 0 radical (unpaired) electrons. The first kappa shape index (κ1) is 56.7. The molecule has 0 aromatic heterocycles. The second-order valence-electron chi connectivity index (χ2n) is 16.0.